The summed E-state index contributed by atoms with van der Waals surface area (Å²) in [6.07, 6.45) is 13.6. The molecule has 0 atom stereocenters. The van der Waals surface area contributed by atoms with Gasteiger partial charge in [0.25, 0.3) is 0 Å². The molecule has 59 heavy (non-hydrogen) atoms. The van der Waals surface area contributed by atoms with Gasteiger partial charge in [-0.15, -0.1) is 13.2 Å². The molecule has 0 spiro atoms. The fourth-order valence-corrected chi connectivity index (χ4v) is 6.72. The maximum Gasteiger partial charge on any atom is -0.0177 e. The molecule has 8 aromatic rings. The van der Waals surface area contributed by atoms with Crippen LogP contribution < -0.4 is 0 Å². The van der Waals surface area contributed by atoms with Gasteiger partial charge in [-0.3, -0.25) is 0 Å². The van der Waals surface area contributed by atoms with Crippen molar-refractivity contribution in [1.82, 2.24) is 0 Å². The summed E-state index contributed by atoms with van der Waals surface area (Å²) in [5.74, 6) is 0. The van der Waals surface area contributed by atoms with Crippen LogP contribution in [0.5, 0.6) is 0 Å². The van der Waals surface area contributed by atoms with Crippen molar-refractivity contribution in [3.8, 4) is 33.4 Å². The highest BCUT2D eigenvalue weighted by molar-refractivity contribution is 5.96. The van der Waals surface area contributed by atoms with E-state index in [4.69, 9.17) is 0 Å². The molecule has 0 heteroatoms. The monoisotopic (exact) mass is 764 g/mol. The second-order valence-electron chi connectivity index (χ2n) is 14.6. The van der Waals surface area contributed by atoms with Gasteiger partial charge in [-0.1, -0.05) is 188 Å². The molecule has 0 heterocycles. The van der Waals surface area contributed by atoms with E-state index in [0.717, 1.165) is 16.7 Å². The number of fused-ring (bicyclic) bond motifs is 4. The van der Waals surface area contributed by atoms with E-state index in [0.29, 0.717) is 0 Å². The highest BCUT2D eigenvalue weighted by atomic mass is 14.1. The van der Waals surface area contributed by atoms with Gasteiger partial charge >= 0.3 is 0 Å². The summed E-state index contributed by atoms with van der Waals surface area (Å²) in [6.45, 7) is 24.2. The largest absolute Gasteiger partial charge is 0.103 e. The fraction of sp³-hybridized carbons (Fsp3) is 0.0847. The maximum atomic E-state index is 3.90. The number of benzene rings is 8. The summed E-state index contributed by atoms with van der Waals surface area (Å²) >= 11 is 0. The van der Waals surface area contributed by atoms with Crippen LogP contribution in [0.2, 0.25) is 0 Å². The molecule has 0 saturated carbocycles. The predicted molar refractivity (Wildman–Crippen MR) is 266 cm³/mol. The van der Waals surface area contributed by atoms with Gasteiger partial charge in [0.1, 0.15) is 0 Å². The van der Waals surface area contributed by atoms with Crippen LogP contribution in [-0.4, -0.2) is 0 Å². The molecule has 0 fully saturated rings. The molecule has 0 aliphatic heterocycles. The molecule has 0 radical (unpaired) electrons. The maximum absolute atomic E-state index is 3.90. The van der Waals surface area contributed by atoms with Crippen LogP contribution in [-0.2, 0) is 0 Å². The zero-order valence-electron chi connectivity index (χ0n) is 35.4. The van der Waals surface area contributed by atoms with E-state index < -0.39 is 0 Å². The SMILES string of the molecule is C=C(C)\C=C/C(=C/C=C\C)C(=C)C.C=CC.C=CC.c1ccc2cc(-c3ccc4cc(-c5ccc6cc(-c7ccc8ccccc8c7)ccc6c5)ccc4c3)ccc2c1. The molecule has 0 nitrogen and oxygen atoms in total. The molecule has 0 unspecified atom stereocenters. The van der Waals surface area contributed by atoms with Gasteiger partial charge in [0.15, 0.2) is 0 Å². The van der Waals surface area contributed by atoms with E-state index in [-0.39, 0.29) is 0 Å². The molecule has 8 aromatic carbocycles. The third kappa shape index (κ3) is 11.8. The fourth-order valence-electron chi connectivity index (χ4n) is 6.72. The summed E-state index contributed by atoms with van der Waals surface area (Å²) in [5, 5.41) is 10.1. The van der Waals surface area contributed by atoms with E-state index in [2.05, 4.69) is 184 Å². The molecule has 0 aliphatic rings. The van der Waals surface area contributed by atoms with Gasteiger partial charge in [-0.25, -0.2) is 0 Å². The average molecular weight is 765 g/mol. The van der Waals surface area contributed by atoms with Crippen molar-refractivity contribution in [3.05, 3.63) is 243 Å². The lowest BCUT2D eigenvalue weighted by Gasteiger charge is -2.10. The molecular formula is C59H56. The average Bonchev–Trinajstić information content (AvgIpc) is 3.26. The van der Waals surface area contributed by atoms with Crippen molar-refractivity contribution in [2.75, 3.05) is 0 Å². The molecule has 0 amide bonds. The third-order valence-corrected chi connectivity index (χ3v) is 9.69. The number of hydrogen-bond acceptors (Lipinski definition) is 0. The smallest absolute Gasteiger partial charge is 0.0177 e. The van der Waals surface area contributed by atoms with Crippen molar-refractivity contribution < 1.29 is 0 Å². The number of rotatable bonds is 7. The first-order valence-corrected chi connectivity index (χ1v) is 20.2. The highest BCUT2D eigenvalue weighted by Crippen LogP contribution is 2.33. The minimum Gasteiger partial charge on any atom is -0.103 e. The Bertz CT molecular complexity index is 2670. The van der Waals surface area contributed by atoms with Crippen LogP contribution in [0.1, 0.15) is 34.6 Å². The minimum absolute atomic E-state index is 1.05. The number of hydrogen-bond donors (Lipinski definition) is 0. The molecular weight excluding hydrogens is 709 g/mol. The van der Waals surface area contributed by atoms with Gasteiger partial charge in [-0.05, 0) is 153 Å². The topological polar surface area (TPSA) is 0 Å². The molecule has 292 valence electrons. The van der Waals surface area contributed by atoms with Crippen LogP contribution in [0.3, 0.4) is 0 Å². The molecule has 0 aromatic heterocycles. The van der Waals surface area contributed by atoms with Crippen molar-refractivity contribution in [2.24, 2.45) is 0 Å². The van der Waals surface area contributed by atoms with E-state index in [9.17, 15) is 0 Å². The van der Waals surface area contributed by atoms with Gasteiger partial charge in [0.05, 0.1) is 0 Å². The summed E-state index contributed by atoms with van der Waals surface area (Å²) in [4.78, 5) is 0. The first-order chi connectivity index (χ1) is 28.7. The Morgan fingerprint density at radius 2 is 0.661 bits per heavy atom. The Kier molecular flexibility index (Phi) is 15.7. The highest BCUT2D eigenvalue weighted by Gasteiger charge is 2.07. The van der Waals surface area contributed by atoms with Gasteiger partial charge in [0, 0.05) is 0 Å². The van der Waals surface area contributed by atoms with Crippen LogP contribution >= 0.6 is 0 Å². The van der Waals surface area contributed by atoms with E-state index >= 15 is 0 Å². The van der Waals surface area contributed by atoms with Gasteiger partial charge in [-0.2, -0.15) is 0 Å². The van der Waals surface area contributed by atoms with Crippen LogP contribution in [0.15, 0.2) is 243 Å². The second-order valence-corrected chi connectivity index (χ2v) is 14.6. The van der Waals surface area contributed by atoms with E-state index in [1.54, 1.807) is 12.2 Å². The second kappa shape index (κ2) is 21.5. The predicted octanol–water partition coefficient (Wildman–Crippen LogP) is 17.9. The van der Waals surface area contributed by atoms with Crippen LogP contribution in [0, 0.1) is 0 Å². The standard InChI is InChI=1S/C40H26.C13H18.2C3H6/c1-3-7-29-21-31(11-9-27(29)5-1)33-13-15-37-25-39(19-17-35(37)23-33)40-20-18-36-24-34(14-16-38(36)26-40)32-12-10-28-6-2-4-8-30(28)22-32;1-6-7-8-13(12(4)5)10-9-11(2)3;2*1-3-2/h1-26H;6-10H,2,4H2,1,3,5H3;2*3H,1H2,2H3/b;7-6-,10-9-,13-8-;;. The van der Waals surface area contributed by atoms with Crippen LogP contribution in [0.25, 0.3) is 76.5 Å². The molecule has 0 saturated heterocycles. The first kappa shape index (κ1) is 43.1. The van der Waals surface area contributed by atoms with Crippen molar-refractivity contribution in [1.29, 1.82) is 0 Å². The quantitative estimate of drug-likeness (QED) is 0.112. The first-order valence-electron chi connectivity index (χ1n) is 20.2. The Balaban J connectivity index is 0.000000295. The van der Waals surface area contributed by atoms with E-state index in [1.807, 2.05) is 65.0 Å². The lowest BCUT2D eigenvalue weighted by Crippen LogP contribution is -1.84. The van der Waals surface area contributed by atoms with Crippen LogP contribution in [0.4, 0.5) is 0 Å². The molecule has 0 aliphatic carbocycles. The van der Waals surface area contributed by atoms with Crippen molar-refractivity contribution >= 4 is 43.1 Å². The lowest BCUT2D eigenvalue weighted by atomic mass is 9.94. The Morgan fingerprint density at radius 3 is 0.932 bits per heavy atom. The lowest BCUT2D eigenvalue weighted by molar-refractivity contribution is 1.43. The summed E-state index contributed by atoms with van der Waals surface area (Å²) in [6, 6.07) is 57.7. The third-order valence-electron chi connectivity index (χ3n) is 9.69. The molecule has 8 rings (SSSR count). The van der Waals surface area contributed by atoms with Crippen molar-refractivity contribution in [3.63, 3.8) is 0 Å². The zero-order chi connectivity index (χ0) is 42.1. The molecule has 0 N–H and O–H groups in total. The van der Waals surface area contributed by atoms with E-state index in [1.165, 1.54) is 76.5 Å². The minimum atomic E-state index is 1.05. The van der Waals surface area contributed by atoms with Gasteiger partial charge in [0.2, 0.25) is 0 Å². The van der Waals surface area contributed by atoms with Crippen molar-refractivity contribution in [2.45, 2.75) is 34.6 Å². The summed E-state index contributed by atoms with van der Waals surface area (Å²) in [5.41, 5.74) is 10.7. The Labute approximate surface area is 352 Å². The zero-order valence-corrected chi connectivity index (χ0v) is 35.4. The summed E-state index contributed by atoms with van der Waals surface area (Å²) in [7, 11) is 0. The Hall–Kier alpha value is -7.02. The normalized spacial score (nSPS) is 11.0. The number of allylic oxidation sites excluding steroid dienone is 10. The summed E-state index contributed by atoms with van der Waals surface area (Å²) < 4.78 is 0. The Morgan fingerprint density at radius 1 is 0.390 bits per heavy atom. The molecule has 0 bridgehead atoms. The van der Waals surface area contributed by atoms with Gasteiger partial charge < -0.3 is 0 Å².